The zero-order valence-corrected chi connectivity index (χ0v) is 9.58. The SMILES string of the molecule is COC(=O)C(C)=CCSc1ccncc1. The van der Waals surface area contributed by atoms with Crippen LogP contribution in [-0.4, -0.2) is 23.8 Å². The van der Waals surface area contributed by atoms with Crippen LogP contribution in [0.1, 0.15) is 6.92 Å². The molecule has 0 aliphatic carbocycles. The largest absolute Gasteiger partial charge is 0.466 e. The molecular formula is C11H13NO2S. The van der Waals surface area contributed by atoms with Crippen LogP contribution in [0.15, 0.2) is 41.1 Å². The van der Waals surface area contributed by atoms with Crippen molar-refractivity contribution in [3.63, 3.8) is 0 Å². The normalized spacial score (nSPS) is 11.2. The summed E-state index contributed by atoms with van der Waals surface area (Å²) in [6.07, 6.45) is 5.36. The maximum Gasteiger partial charge on any atom is 0.333 e. The second-order valence-electron chi connectivity index (χ2n) is 2.87. The van der Waals surface area contributed by atoms with Gasteiger partial charge in [0.05, 0.1) is 7.11 Å². The first-order chi connectivity index (χ1) is 7.24. The van der Waals surface area contributed by atoms with E-state index < -0.39 is 0 Å². The highest BCUT2D eigenvalue weighted by Crippen LogP contribution is 2.16. The number of hydrogen-bond donors (Lipinski definition) is 0. The number of ether oxygens (including phenoxy) is 1. The van der Waals surface area contributed by atoms with Crippen molar-refractivity contribution < 1.29 is 9.53 Å². The van der Waals surface area contributed by atoms with Crippen LogP contribution < -0.4 is 0 Å². The van der Waals surface area contributed by atoms with E-state index in [1.54, 1.807) is 31.1 Å². The number of aromatic nitrogens is 1. The molecule has 0 aliphatic rings. The van der Waals surface area contributed by atoms with E-state index in [-0.39, 0.29) is 5.97 Å². The average Bonchev–Trinajstić information content (AvgIpc) is 2.29. The molecule has 0 aromatic carbocycles. The molecule has 0 saturated carbocycles. The minimum Gasteiger partial charge on any atom is -0.466 e. The van der Waals surface area contributed by atoms with E-state index in [0.29, 0.717) is 5.57 Å². The Morgan fingerprint density at radius 1 is 1.53 bits per heavy atom. The Morgan fingerprint density at radius 2 is 2.20 bits per heavy atom. The Hall–Kier alpha value is -1.29. The number of methoxy groups -OCH3 is 1. The van der Waals surface area contributed by atoms with Gasteiger partial charge in [-0.1, -0.05) is 6.08 Å². The van der Waals surface area contributed by atoms with Crippen LogP contribution in [0.4, 0.5) is 0 Å². The standard InChI is InChI=1S/C11H13NO2S/c1-9(11(13)14-2)5-8-15-10-3-6-12-7-4-10/h3-7H,8H2,1-2H3. The van der Waals surface area contributed by atoms with E-state index in [0.717, 1.165) is 10.6 Å². The van der Waals surface area contributed by atoms with Crippen LogP contribution in [0.5, 0.6) is 0 Å². The summed E-state index contributed by atoms with van der Waals surface area (Å²) in [5, 5.41) is 0. The number of thioether (sulfide) groups is 1. The van der Waals surface area contributed by atoms with Crippen molar-refractivity contribution >= 4 is 17.7 Å². The third kappa shape index (κ3) is 4.16. The lowest BCUT2D eigenvalue weighted by Crippen LogP contribution is -2.01. The maximum absolute atomic E-state index is 11.0. The molecule has 80 valence electrons. The smallest absolute Gasteiger partial charge is 0.333 e. The number of carbonyl (C=O) groups is 1. The highest BCUT2D eigenvalue weighted by atomic mass is 32.2. The van der Waals surface area contributed by atoms with Crippen molar-refractivity contribution in [3.8, 4) is 0 Å². The first-order valence-electron chi connectivity index (χ1n) is 4.52. The average molecular weight is 223 g/mol. The third-order valence-electron chi connectivity index (χ3n) is 1.80. The molecule has 0 fully saturated rings. The predicted molar refractivity (Wildman–Crippen MR) is 60.7 cm³/mol. The number of carbonyl (C=O) groups excluding carboxylic acids is 1. The Balaban J connectivity index is 2.42. The van der Waals surface area contributed by atoms with E-state index in [9.17, 15) is 4.79 Å². The third-order valence-corrected chi connectivity index (χ3v) is 2.74. The summed E-state index contributed by atoms with van der Waals surface area (Å²) in [5.41, 5.74) is 0.638. The van der Waals surface area contributed by atoms with Crippen LogP contribution >= 0.6 is 11.8 Å². The predicted octanol–water partition coefficient (Wildman–Crippen LogP) is 2.29. The van der Waals surface area contributed by atoms with Crippen LogP contribution in [0, 0.1) is 0 Å². The van der Waals surface area contributed by atoms with Crippen molar-refractivity contribution in [1.29, 1.82) is 0 Å². The summed E-state index contributed by atoms with van der Waals surface area (Å²) in [6, 6.07) is 3.87. The second kappa shape index (κ2) is 6.24. The van der Waals surface area contributed by atoms with E-state index in [1.165, 1.54) is 7.11 Å². The quantitative estimate of drug-likeness (QED) is 0.446. The number of hydrogen-bond acceptors (Lipinski definition) is 4. The Labute approximate surface area is 93.5 Å². The summed E-state index contributed by atoms with van der Waals surface area (Å²) in [4.78, 5) is 16.1. The van der Waals surface area contributed by atoms with Gasteiger partial charge in [-0.25, -0.2) is 4.79 Å². The molecule has 0 radical (unpaired) electrons. The lowest BCUT2D eigenvalue weighted by atomic mass is 10.3. The zero-order chi connectivity index (χ0) is 11.1. The highest BCUT2D eigenvalue weighted by Gasteiger charge is 2.01. The molecule has 3 nitrogen and oxygen atoms in total. The molecule has 0 atom stereocenters. The van der Waals surface area contributed by atoms with Crippen LogP contribution in [0.25, 0.3) is 0 Å². The lowest BCUT2D eigenvalue weighted by molar-refractivity contribution is -0.136. The fourth-order valence-corrected chi connectivity index (χ4v) is 1.78. The Bertz CT molecular complexity index is 349. The topological polar surface area (TPSA) is 39.2 Å². The molecular weight excluding hydrogens is 210 g/mol. The molecule has 1 rings (SSSR count). The molecule has 0 bridgehead atoms. The van der Waals surface area contributed by atoms with Crippen molar-refractivity contribution in [1.82, 2.24) is 4.98 Å². The van der Waals surface area contributed by atoms with Crippen LogP contribution in [0.2, 0.25) is 0 Å². The van der Waals surface area contributed by atoms with Crippen LogP contribution in [0.3, 0.4) is 0 Å². The summed E-state index contributed by atoms with van der Waals surface area (Å²) < 4.78 is 4.59. The molecule has 1 heterocycles. The van der Waals surface area contributed by atoms with Gasteiger partial charge in [-0.3, -0.25) is 4.98 Å². The second-order valence-corrected chi connectivity index (χ2v) is 3.97. The van der Waals surface area contributed by atoms with E-state index in [2.05, 4.69) is 9.72 Å². The molecule has 0 N–H and O–H groups in total. The maximum atomic E-state index is 11.0. The summed E-state index contributed by atoms with van der Waals surface area (Å²) in [7, 11) is 1.38. The first-order valence-corrected chi connectivity index (χ1v) is 5.50. The molecule has 1 aromatic rings. The molecule has 4 heteroatoms. The van der Waals surface area contributed by atoms with Gasteiger partial charge in [-0.2, -0.15) is 0 Å². The molecule has 0 unspecified atom stereocenters. The summed E-state index contributed by atoms with van der Waals surface area (Å²) >= 11 is 1.65. The van der Waals surface area contributed by atoms with Gasteiger partial charge < -0.3 is 4.74 Å². The number of pyridine rings is 1. The lowest BCUT2D eigenvalue weighted by Gasteiger charge is -1.99. The first kappa shape index (κ1) is 11.8. The fourth-order valence-electron chi connectivity index (χ4n) is 0.942. The van der Waals surface area contributed by atoms with Crippen LogP contribution in [-0.2, 0) is 9.53 Å². The number of esters is 1. The Kier molecular flexibility index (Phi) is 4.90. The van der Waals surface area contributed by atoms with Gasteiger partial charge in [0.25, 0.3) is 0 Å². The van der Waals surface area contributed by atoms with E-state index >= 15 is 0 Å². The molecule has 1 aromatic heterocycles. The molecule has 15 heavy (non-hydrogen) atoms. The van der Waals surface area contributed by atoms with Gasteiger partial charge in [0, 0.05) is 28.6 Å². The van der Waals surface area contributed by atoms with Crippen molar-refractivity contribution in [3.05, 3.63) is 36.2 Å². The number of rotatable bonds is 4. The Morgan fingerprint density at radius 3 is 2.80 bits per heavy atom. The van der Waals surface area contributed by atoms with Gasteiger partial charge >= 0.3 is 5.97 Å². The van der Waals surface area contributed by atoms with Gasteiger partial charge in [-0.15, -0.1) is 11.8 Å². The number of nitrogens with zero attached hydrogens (tertiary/aromatic N) is 1. The van der Waals surface area contributed by atoms with E-state index in [4.69, 9.17) is 0 Å². The van der Waals surface area contributed by atoms with Gasteiger partial charge in [-0.05, 0) is 19.1 Å². The molecule has 0 aliphatic heterocycles. The summed E-state index contributed by atoms with van der Waals surface area (Å²) in [5.74, 6) is 0.482. The van der Waals surface area contributed by atoms with E-state index in [1.807, 2.05) is 18.2 Å². The zero-order valence-electron chi connectivity index (χ0n) is 8.77. The summed E-state index contributed by atoms with van der Waals surface area (Å²) in [6.45, 7) is 1.75. The molecule has 0 amide bonds. The van der Waals surface area contributed by atoms with Gasteiger partial charge in [0.15, 0.2) is 0 Å². The van der Waals surface area contributed by atoms with Gasteiger partial charge in [0.2, 0.25) is 0 Å². The van der Waals surface area contributed by atoms with Crippen molar-refractivity contribution in [2.75, 3.05) is 12.9 Å². The van der Waals surface area contributed by atoms with Crippen molar-refractivity contribution in [2.45, 2.75) is 11.8 Å². The minimum atomic E-state index is -0.273. The van der Waals surface area contributed by atoms with Crippen molar-refractivity contribution in [2.24, 2.45) is 0 Å². The van der Waals surface area contributed by atoms with Gasteiger partial charge in [0.1, 0.15) is 0 Å². The fraction of sp³-hybridized carbons (Fsp3) is 0.273. The highest BCUT2D eigenvalue weighted by molar-refractivity contribution is 7.99. The molecule has 0 spiro atoms. The monoisotopic (exact) mass is 223 g/mol. The minimum absolute atomic E-state index is 0.273. The molecule has 0 saturated heterocycles.